The maximum atomic E-state index is 11.0. The van der Waals surface area contributed by atoms with Gasteiger partial charge in [-0.05, 0) is 6.42 Å². The Hall–Kier alpha value is -1.43. The predicted octanol–water partition coefficient (Wildman–Crippen LogP) is 0.386. The van der Waals surface area contributed by atoms with E-state index < -0.39 is 11.9 Å². The molecule has 1 aliphatic rings. The minimum atomic E-state index is -0.848. The Kier molecular flexibility index (Phi) is 2.68. The molecular formula is C9H13N3O3. The molecule has 1 aliphatic heterocycles. The molecule has 2 rings (SSSR count). The molecule has 82 valence electrons. The molecule has 2 heterocycles. The highest BCUT2D eigenvalue weighted by Gasteiger charge is 2.26. The number of aliphatic carboxylic acids is 1. The molecular weight excluding hydrogens is 198 g/mol. The fraction of sp³-hybridized carbons (Fsp3) is 0.667. The number of nitrogens with zero attached hydrogens (tertiary/aromatic N) is 3. The first-order valence-corrected chi connectivity index (χ1v) is 4.96. The van der Waals surface area contributed by atoms with E-state index in [1.54, 1.807) is 0 Å². The van der Waals surface area contributed by atoms with Crippen LogP contribution in [0.5, 0.6) is 0 Å². The van der Waals surface area contributed by atoms with Crippen molar-refractivity contribution in [3.63, 3.8) is 0 Å². The van der Waals surface area contributed by atoms with Crippen LogP contribution in [-0.4, -0.2) is 32.4 Å². The molecule has 1 aromatic heterocycles. The summed E-state index contributed by atoms with van der Waals surface area (Å²) in [5, 5.41) is 16.9. The van der Waals surface area contributed by atoms with E-state index in [0.29, 0.717) is 32.0 Å². The lowest BCUT2D eigenvalue weighted by molar-refractivity contribution is -0.139. The third-order valence-electron chi connectivity index (χ3n) is 2.56. The Balaban J connectivity index is 2.35. The highest BCUT2D eigenvalue weighted by molar-refractivity contribution is 5.74. The highest BCUT2D eigenvalue weighted by atomic mass is 16.5. The first-order chi connectivity index (χ1) is 7.24. The van der Waals surface area contributed by atoms with Gasteiger partial charge in [0.05, 0.1) is 6.61 Å². The second-order valence-corrected chi connectivity index (χ2v) is 3.48. The van der Waals surface area contributed by atoms with Crippen molar-refractivity contribution in [2.75, 3.05) is 6.61 Å². The SMILES string of the molecule is CCC(C(=O)O)c1nnc2n1CCOC2. The second-order valence-electron chi connectivity index (χ2n) is 3.48. The molecule has 0 saturated heterocycles. The van der Waals surface area contributed by atoms with Gasteiger partial charge in [-0.3, -0.25) is 4.79 Å². The molecule has 0 fully saturated rings. The number of aromatic nitrogens is 3. The van der Waals surface area contributed by atoms with Gasteiger partial charge in [0.1, 0.15) is 18.3 Å². The summed E-state index contributed by atoms with van der Waals surface area (Å²) < 4.78 is 7.07. The minimum absolute atomic E-state index is 0.420. The van der Waals surface area contributed by atoms with Gasteiger partial charge in [0, 0.05) is 6.54 Å². The van der Waals surface area contributed by atoms with Gasteiger partial charge >= 0.3 is 5.97 Å². The molecule has 0 amide bonds. The summed E-state index contributed by atoms with van der Waals surface area (Å²) in [5.74, 6) is -0.150. The van der Waals surface area contributed by atoms with Gasteiger partial charge in [0.2, 0.25) is 0 Å². The van der Waals surface area contributed by atoms with E-state index in [4.69, 9.17) is 9.84 Å². The Morgan fingerprint density at radius 2 is 2.47 bits per heavy atom. The molecule has 1 atom stereocenters. The highest BCUT2D eigenvalue weighted by Crippen LogP contribution is 2.20. The van der Waals surface area contributed by atoms with E-state index in [1.165, 1.54) is 0 Å². The maximum Gasteiger partial charge on any atom is 0.314 e. The van der Waals surface area contributed by atoms with Crippen molar-refractivity contribution in [3.8, 4) is 0 Å². The monoisotopic (exact) mass is 211 g/mol. The van der Waals surface area contributed by atoms with Crippen LogP contribution in [0.3, 0.4) is 0 Å². The van der Waals surface area contributed by atoms with E-state index in [0.717, 1.165) is 5.82 Å². The molecule has 1 unspecified atom stereocenters. The van der Waals surface area contributed by atoms with Crippen LogP contribution in [-0.2, 0) is 22.7 Å². The van der Waals surface area contributed by atoms with Crippen LogP contribution in [0.4, 0.5) is 0 Å². The molecule has 6 nitrogen and oxygen atoms in total. The number of ether oxygens (including phenoxy) is 1. The third-order valence-corrected chi connectivity index (χ3v) is 2.56. The van der Waals surface area contributed by atoms with Gasteiger partial charge in [-0.25, -0.2) is 0 Å². The summed E-state index contributed by atoms with van der Waals surface area (Å²) in [7, 11) is 0. The maximum absolute atomic E-state index is 11.0. The van der Waals surface area contributed by atoms with E-state index in [2.05, 4.69) is 10.2 Å². The summed E-state index contributed by atoms with van der Waals surface area (Å²) in [6.45, 7) is 3.48. The van der Waals surface area contributed by atoms with E-state index >= 15 is 0 Å². The molecule has 0 bridgehead atoms. The largest absolute Gasteiger partial charge is 0.481 e. The smallest absolute Gasteiger partial charge is 0.314 e. The Bertz CT molecular complexity index is 375. The van der Waals surface area contributed by atoms with Crippen LogP contribution in [0.2, 0.25) is 0 Å². The first kappa shape index (κ1) is 10.1. The topological polar surface area (TPSA) is 77.2 Å². The van der Waals surface area contributed by atoms with E-state index in [-0.39, 0.29) is 0 Å². The fourth-order valence-electron chi connectivity index (χ4n) is 1.74. The summed E-state index contributed by atoms with van der Waals surface area (Å²) in [5.41, 5.74) is 0. The van der Waals surface area contributed by atoms with Crippen LogP contribution in [0.1, 0.15) is 30.9 Å². The molecule has 0 saturated carbocycles. The standard InChI is InChI=1S/C9H13N3O3/c1-2-6(9(13)14)8-11-10-7-5-15-4-3-12(7)8/h6H,2-5H2,1H3,(H,13,14). The summed E-state index contributed by atoms with van der Waals surface area (Å²) in [4.78, 5) is 11.0. The van der Waals surface area contributed by atoms with Crippen molar-refractivity contribution >= 4 is 5.97 Å². The number of hydrogen-bond donors (Lipinski definition) is 1. The molecule has 0 aliphatic carbocycles. The molecule has 1 aromatic rings. The summed E-state index contributed by atoms with van der Waals surface area (Å²) >= 11 is 0. The molecule has 1 N–H and O–H groups in total. The van der Waals surface area contributed by atoms with E-state index in [1.807, 2.05) is 11.5 Å². The fourth-order valence-corrected chi connectivity index (χ4v) is 1.74. The molecule has 15 heavy (non-hydrogen) atoms. The Labute approximate surface area is 86.9 Å². The number of carboxylic acids is 1. The van der Waals surface area contributed by atoms with Crippen molar-refractivity contribution in [2.24, 2.45) is 0 Å². The van der Waals surface area contributed by atoms with Gasteiger partial charge in [0.25, 0.3) is 0 Å². The molecule has 0 radical (unpaired) electrons. The van der Waals surface area contributed by atoms with Gasteiger partial charge < -0.3 is 14.4 Å². The van der Waals surface area contributed by atoms with E-state index in [9.17, 15) is 4.79 Å². The summed E-state index contributed by atoms with van der Waals surface area (Å²) in [6.07, 6.45) is 0.522. The van der Waals surface area contributed by atoms with Crippen molar-refractivity contribution < 1.29 is 14.6 Å². The van der Waals surface area contributed by atoms with Gasteiger partial charge in [-0.2, -0.15) is 0 Å². The van der Waals surface area contributed by atoms with Crippen molar-refractivity contribution in [1.29, 1.82) is 0 Å². The number of rotatable bonds is 3. The van der Waals surface area contributed by atoms with Crippen molar-refractivity contribution in [2.45, 2.75) is 32.4 Å². The van der Waals surface area contributed by atoms with Crippen LogP contribution in [0, 0.1) is 0 Å². The normalized spacial score (nSPS) is 17.1. The number of hydrogen-bond acceptors (Lipinski definition) is 4. The number of carboxylic acid groups (broad SMARTS) is 1. The lowest BCUT2D eigenvalue weighted by Gasteiger charge is -2.17. The van der Waals surface area contributed by atoms with Crippen LogP contribution in [0.25, 0.3) is 0 Å². The number of carbonyl (C=O) groups is 1. The third kappa shape index (κ3) is 1.72. The second kappa shape index (κ2) is 3.98. The average molecular weight is 211 g/mol. The van der Waals surface area contributed by atoms with Gasteiger partial charge in [-0.15, -0.1) is 10.2 Å². The van der Waals surface area contributed by atoms with Crippen LogP contribution in [0.15, 0.2) is 0 Å². The van der Waals surface area contributed by atoms with Crippen molar-refractivity contribution in [1.82, 2.24) is 14.8 Å². The predicted molar refractivity (Wildman–Crippen MR) is 50.3 cm³/mol. The molecule has 0 spiro atoms. The summed E-state index contributed by atoms with van der Waals surface area (Å²) in [6, 6.07) is 0. The first-order valence-electron chi connectivity index (χ1n) is 4.96. The Morgan fingerprint density at radius 3 is 3.13 bits per heavy atom. The molecule has 0 aromatic carbocycles. The lowest BCUT2D eigenvalue weighted by atomic mass is 10.1. The molecule has 6 heteroatoms. The lowest BCUT2D eigenvalue weighted by Crippen LogP contribution is -2.22. The number of fused-ring (bicyclic) bond motifs is 1. The van der Waals surface area contributed by atoms with Gasteiger partial charge in [0.15, 0.2) is 5.82 Å². The minimum Gasteiger partial charge on any atom is -0.481 e. The van der Waals surface area contributed by atoms with Crippen LogP contribution >= 0.6 is 0 Å². The zero-order valence-electron chi connectivity index (χ0n) is 8.51. The van der Waals surface area contributed by atoms with Crippen molar-refractivity contribution in [3.05, 3.63) is 11.6 Å². The van der Waals surface area contributed by atoms with Gasteiger partial charge in [-0.1, -0.05) is 6.92 Å². The zero-order valence-corrected chi connectivity index (χ0v) is 8.51. The quantitative estimate of drug-likeness (QED) is 0.782. The average Bonchev–Trinajstić information content (AvgIpc) is 2.63. The Morgan fingerprint density at radius 1 is 1.67 bits per heavy atom. The van der Waals surface area contributed by atoms with Crippen LogP contribution < -0.4 is 0 Å². The zero-order chi connectivity index (χ0) is 10.8.